The number of aliphatic hydroxyl groups excluding tert-OH is 1. The molecule has 0 spiro atoms. The molecule has 1 rings (SSSR count). The van der Waals surface area contributed by atoms with Crippen LogP contribution in [0.25, 0.3) is 0 Å². The molecule has 0 bridgehead atoms. The van der Waals surface area contributed by atoms with Gasteiger partial charge in [0.15, 0.2) is 0 Å². The molecule has 0 aliphatic carbocycles. The number of hydrogen-bond acceptors (Lipinski definition) is 2. The second-order valence-corrected chi connectivity index (χ2v) is 4.02. The second kappa shape index (κ2) is 5.29. The monoisotopic (exact) mass is 208 g/mol. The van der Waals surface area contributed by atoms with Crippen LogP contribution in [0.2, 0.25) is 0 Å². The van der Waals surface area contributed by atoms with Gasteiger partial charge < -0.3 is 10.2 Å². The van der Waals surface area contributed by atoms with Crippen molar-refractivity contribution in [1.29, 1.82) is 0 Å². The molecular formula is C13H20O2. The van der Waals surface area contributed by atoms with Gasteiger partial charge in [0.05, 0.1) is 11.7 Å². The minimum Gasteiger partial charge on any atom is -0.390 e. The first-order valence-electron chi connectivity index (χ1n) is 5.56. The third-order valence-corrected chi connectivity index (χ3v) is 3.12. The summed E-state index contributed by atoms with van der Waals surface area (Å²) in [6.07, 6.45) is 0.989. The minimum absolute atomic E-state index is 0.513. The summed E-state index contributed by atoms with van der Waals surface area (Å²) in [6.45, 7) is 3.80. The summed E-state index contributed by atoms with van der Waals surface area (Å²) in [5.74, 6) is 0. The van der Waals surface area contributed by atoms with E-state index in [0.717, 1.165) is 5.56 Å². The molecule has 1 aromatic carbocycles. The van der Waals surface area contributed by atoms with E-state index in [-0.39, 0.29) is 0 Å². The van der Waals surface area contributed by atoms with E-state index in [1.807, 2.05) is 44.2 Å². The summed E-state index contributed by atoms with van der Waals surface area (Å²) < 4.78 is 0. The molecule has 0 saturated carbocycles. The Bertz CT molecular complexity index is 278. The van der Waals surface area contributed by atoms with Crippen molar-refractivity contribution in [2.75, 3.05) is 0 Å². The van der Waals surface area contributed by atoms with Crippen molar-refractivity contribution in [1.82, 2.24) is 0 Å². The van der Waals surface area contributed by atoms with Gasteiger partial charge in [-0.2, -0.15) is 0 Å². The van der Waals surface area contributed by atoms with E-state index < -0.39 is 11.7 Å². The molecule has 0 aliphatic heterocycles. The highest BCUT2D eigenvalue weighted by Crippen LogP contribution is 2.22. The van der Waals surface area contributed by atoms with Crippen LogP contribution in [0.5, 0.6) is 0 Å². The first kappa shape index (κ1) is 12.2. The van der Waals surface area contributed by atoms with Gasteiger partial charge in [-0.1, -0.05) is 44.2 Å². The van der Waals surface area contributed by atoms with E-state index in [2.05, 4.69) is 0 Å². The lowest BCUT2D eigenvalue weighted by Gasteiger charge is -2.31. The van der Waals surface area contributed by atoms with Crippen LogP contribution in [0, 0.1) is 0 Å². The summed E-state index contributed by atoms with van der Waals surface area (Å²) in [5, 5.41) is 20.1. The summed E-state index contributed by atoms with van der Waals surface area (Å²) in [6, 6.07) is 9.77. The number of aliphatic hydroxyl groups is 2. The third kappa shape index (κ3) is 3.05. The van der Waals surface area contributed by atoms with Crippen LogP contribution in [0.1, 0.15) is 32.3 Å². The van der Waals surface area contributed by atoms with E-state index in [1.165, 1.54) is 0 Å². The zero-order valence-corrected chi connectivity index (χ0v) is 9.48. The zero-order chi connectivity index (χ0) is 11.3. The molecule has 2 nitrogen and oxygen atoms in total. The first-order chi connectivity index (χ1) is 7.12. The molecule has 0 aliphatic rings. The van der Waals surface area contributed by atoms with Gasteiger partial charge in [0, 0.05) is 6.42 Å². The standard InChI is InChI=1S/C13H20O2/c1-3-13(15,4-2)12(14)10-11-8-6-5-7-9-11/h5-9,12,14-15H,3-4,10H2,1-2H3/t12-/m0/s1. The molecule has 0 heterocycles. The van der Waals surface area contributed by atoms with Crippen LogP contribution in [0.4, 0.5) is 0 Å². The average molecular weight is 208 g/mol. The number of hydrogen-bond donors (Lipinski definition) is 2. The predicted octanol–water partition coefficient (Wildman–Crippen LogP) is 2.14. The summed E-state index contributed by atoms with van der Waals surface area (Å²) in [7, 11) is 0. The summed E-state index contributed by atoms with van der Waals surface area (Å²) in [5.41, 5.74) is 0.112. The average Bonchev–Trinajstić information content (AvgIpc) is 2.29. The molecule has 1 aromatic rings. The van der Waals surface area contributed by atoms with Gasteiger partial charge in [-0.3, -0.25) is 0 Å². The molecule has 1 atom stereocenters. The van der Waals surface area contributed by atoms with Gasteiger partial charge in [-0.15, -0.1) is 0 Å². The SMILES string of the molecule is CCC(O)(CC)[C@@H](O)Cc1ccccc1. The Balaban J connectivity index is 2.66. The van der Waals surface area contributed by atoms with Crippen molar-refractivity contribution in [2.45, 2.75) is 44.8 Å². The van der Waals surface area contributed by atoms with E-state index in [9.17, 15) is 10.2 Å². The fourth-order valence-corrected chi connectivity index (χ4v) is 1.75. The maximum absolute atomic E-state index is 10.1. The van der Waals surface area contributed by atoms with Gasteiger partial charge >= 0.3 is 0 Å². The third-order valence-electron chi connectivity index (χ3n) is 3.12. The molecule has 0 unspecified atom stereocenters. The molecular weight excluding hydrogens is 188 g/mol. The van der Waals surface area contributed by atoms with Gasteiger partial charge in [0.25, 0.3) is 0 Å². The molecule has 15 heavy (non-hydrogen) atoms. The lowest BCUT2D eigenvalue weighted by atomic mass is 9.87. The number of rotatable bonds is 5. The van der Waals surface area contributed by atoms with Gasteiger partial charge in [0.2, 0.25) is 0 Å². The fraction of sp³-hybridized carbons (Fsp3) is 0.538. The van der Waals surface area contributed by atoms with Crippen molar-refractivity contribution in [2.24, 2.45) is 0 Å². The molecule has 84 valence electrons. The van der Waals surface area contributed by atoms with Crippen molar-refractivity contribution in [3.63, 3.8) is 0 Å². The Labute approximate surface area is 91.6 Å². The quantitative estimate of drug-likeness (QED) is 0.778. The molecule has 0 fully saturated rings. The molecule has 0 aromatic heterocycles. The van der Waals surface area contributed by atoms with Gasteiger partial charge in [-0.05, 0) is 18.4 Å². The van der Waals surface area contributed by atoms with Crippen LogP contribution in [-0.2, 0) is 6.42 Å². The molecule has 0 amide bonds. The molecule has 0 saturated heterocycles. The highest BCUT2D eigenvalue weighted by atomic mass is 16.3. The van der Waals surface area contributed by atoms with E-state index in [1.54, 1.807) is 0 Å². The largest absolute Gasteiger partial charge is 0.390 e. The zero-order valence-electron chi connectivity index (χ0n) is 9.48. The van der Waals surface area contributed by atoms with Crippen LogP contribution >= 0.6 is 0 Å². The first-order valence-corrected chi connectivity index (χ1v) is 5.56. The number of benzene rings is 1. The highest BCUT2D eigenvalue weighted by Gasteiger charge is 2.31. The van der Waals surface area contributed by atoms with E-state index in [4.69, 9.17) is 0 Å². The fourth-order valence-electron chi connectivity index (χ4n) is 1.75. The Hall–Kier alpha value is -0.860. The molecule has 2 N–H and O–H groups in total. The maximum atomic E-state index is 10.1. The highest BCUT2D eigenvalue weighted by molar-refractivity contribution is 5.16. The van der Waals surface area contributed by atoms with Gasteiger partial charge in [-0.25, -0.2) is 0 Å². The normalized spacial score (nSPS) is 13.9. The maximum Gasteiger partial charge on any atom is 0.0903 e. The Morgan fingerprint density at radius 2 is 1.67 bits per heavy atom. The lowest BCUT2D eigenvalue weighted by Crippen LogP contribution is -2.42. The van der Waals surface area contributed by atoms with Crippen molar-refractivity contribution < 1.29 is 10.2 Å². The van der Waals surface area contributed by atoms with Crippen LogP contribution < -0.4 is 0 Å². The Morgan fingerprint density at radius 3 is 2.13 bits per heavy atom. The van der Waals surface area contributed by atoms with Crippen LogP contribution in [-0.4, -0.2) is 21.9 Å². The second-order valence-electron chi connectivity index (χ2n) is 4.02. The Morgan fingerprint density at radius 1 is 1.13 bits per heavy atom. The van der Waals surface area contributed by atoms with E-state index >= 15 is 0 Å². The van der Waals surface area contributed by atoms with Crippen molar-refractivity contribution in [3.05, 3.63) is 35.9 Å². The van der Waals surface area contributed by atoms with Crippen molar-refractivity contribution in [3.8, 4) is 0 Å². The predicted molar refractivity (Wildman–Crippen MR) is 61.7 cm³/mol. The smallest absolute Gasteiger partial charge is 0.0903 e. The van der Waals surface area contributed by atoms with Gasteiger partial charge in [0.1, 0.15) is 0 Å². The molecule has 2 heteroatoms. The van der Waals surface area contributed by atoms with Crippen LogP contribution in [0.3, 0.4) is 0 Å². The minimum atomic E-state index is -0.949. The lowest BCUT2D eigenvalue weighted by molar-refractivity contribution is -0.0790. The summed E-state index contributed by atoms with van der Waals surface area (Å²) >= 11 is 0. The Kier molecular flexibility index (Phi) is 4.30. The molecule has 0 radical (unpaired) electrons. The van der Waals surface area contributed by atoms with Crippen molar-refractivity contribution >= 4 is 0 Å². The topological polar surface area (TPSA) is 40.5 Å². The van der Waals surface area contributed by atoms with E-state index in [0.29, 0.717) is 19.3 Å². The van der Waals surface area contributed by atoms with Crippen LogP contribution in [0.15, 0.2) is 30.3 Å². The summed E-state index contributed by atoms with van der Waals surface area (Å²) in [4.78, 5) is 0.